The van der Waals surface area contributed by atoms with Crippen LogP contribution in [0.5, 0.6) is 11.5 Å². The van der Waals surface area contributed by atoms with Crippen molar-refractivity contribution in [3.05, 3.63) is 59.8 Å². The van der Waals surface area contributed by atoms with E-state index in [9.17, 15) is 10.1 Å². The van der Waals surface area contributed by atoms with Gasteiger partial charge in [-0.25, -0.2) is 0 Å². The number of benzene rings is 2. The minimum atomic E-state index is -0.179. The first-order valence-electron chi connectivity index (χ1n) is 9.32. The molecule has 0 unspecified atom stereocenters. The molecule has 1 aromatic heterocycles. The number of nitrogens with one attached hydrogen (secondary N) is 1. The summed E-state index contributed by atoms with van der Waals surface area (Å²) in [5.41, 5.74) is 2.39. The normalized spacial score (nSPS) is 14.1. The molecule has 4 rings (SSSR count). The lowest BCUT2D eigenvalue weighted by molar-refractivity contribution is -0.122. The molecule has 1 atom stereocenters. The van der Waals surface area contributed by atoms with Gasteiger partial charge in [-0.15, -0.1) is 0 Å². The third-order valence-corrected chi connectivity index (χ3v) is 4.87. The fourth-order valence-corrected chi connectivity index (χ4v) is 3.44. The Morgan fingerprint density at radius 2 is 2.00 bits per heavy atom. The van der Waals surface area contributed by atoms with Crippen molar-refractivity contribution in [1.29, 1.82) is 5.26 Å². The molecule has 1 aliphatic heterocycles. The number of rotatable bonds is 4. The molecule has 3 aromatic rings. The van der Waals surface area contributed by atoms with Crippen molar-refractivity contribution in [3.63, 3.8) is 0 Å². The summed E-state index contributed by atoms with van der Waals surface area (Å²) in [5, 5.41) is 13.2. The van der Waals surface area contributed by atoms with Crippen LogP contribution in [0.15, 0.2) is 48.7 Å². The lowest BCUT2D eigenvalue weighted by Crippen LogP contribution is -2.29. The molecule has 0 radical (unpaired) electrons. The van der Waals surface area contributed by atoms with Crippen LogP contribution >= 0.6 is 0 Å². The maximum absolute atomic E-state index is 12.6. The Morgan fingerprint density at radius 3 is 2.82 bits per heavy atom. The molecule has 0 fully saturated rings. The smallest absolute Gasteiger partial charge is 0.240 e. The fourth-order valence-electron chi connectivity index (χ4n) is 3.44. The molecule has 0 aliphatic carbocycles. The van der Waals surface area contributed by atoms with Crippen LogP contribution < -0.4 is 14.8 Å². The minimum Gasteiger partial charge on any atom is -0.490 e. The van der Waals surface area contributed by atoms with Gasteiger partial charge >= 0.3 is 0 Å². The zero-order valence-electron chi connectivity index (χ0n) is 15.6. The summed E-state index contributed by atoms with van der Waals surface area (Å²) in [6, 6.07) is 15.4. The second-order valence-electron chi connectivity index (χ2n) is 6.85. The van der Waals surface area contributed by atoms with Gasteiger partial charge in [0.2, 0.25) is 5.91 Å². The zero-order valence-corrected chi connectivity index (χ0v) is 15.6. The second kappa shape index (κ2) is 7.65. The van der Waals surface area contributed by atoms with Crippen molar-refractivity contribution in [3.8, 4) is 17.6 Å². The average Bonchev–Trinajstić information content (AvgIpc) is 2.89. The summed E-state index contributed by atoms with van der Waals surface area (Å²) in [6.45, 7) is 3.36. The van der Waals surface area contributed by atoms with Crippen LogP contribution in [0.1, 0.15) is 30.5 Å². The molecule has 142 valence electrons. The Kier molecular flexibility index (Phi) is 4.90. The van der Waals surface area contributed by atoms with Gasteiger partial charge in [0.15, 0.2) is 11.5 Å². The predicted molar refractivity (Wildman–Crippen MR) is 105 cm³/mol. The third-order valence-electron chi connectivity index (χ3n) is 4.87. The highest BCUT2D eigenvalue weighted by atomic mass is 16.5. The quantitative estimate of drug-likeness (QED) is 0.757. The first-order chi connectivity index (χ1) is 13.7. The number of carbonyl (C=O) groups excluding carboxylic acids is 1. The Morgan fingerprint density at radius 1 is 1.21 bits per heavy atom. The SMILES string of the molecule is C[C@H](NC(=O)Cn1cc(C#N)c2ccccc21)c1ccc2c(c1)OCCCO2. The lowest BCUT2D eigenvalue weighted by atomic mass is 10.1. The topological polar surface area (TPSA) is 76.3 Å². The summed E-state index contributed by atoms with van der Waals surface area (Å²) in [7, 11) is 0. The molecule has 2 aromatic carbocycles. The molecule has 0 bridgehead atoms. The van der Waals surface area contributed by atoms with Crippen molar-refractivity contribution in [1.82, 2.24) is 9.88 Å². The molecule has 6 nitrogen and oxygen atoms in total. The van der Waals surface area contributed by atoms with E-state index in [4.69, 9.17) is 9.47 Å². The van der Waals surface area contributed by atoms with Crippen molar-refractivity contribution < 1.29 is 14.3 Å². The van der Waals surface area contributed by atoms with E-state index in [1.54, 1.807) is 6.20 Å². The van der Waals surface area contributed by atoms with Gasteiger partial charge in [-0.3, -0.25) is 4.79 Å². The van der Waals surface area contributed by atoms with Crippen LogP contribution in [0, 0.1) is 11.3 Å². The fraction of sp³-hybridized carbons (Fsp3) is 0.273. The number of aromatic nitrogens is 1. The maximum Gasteiger partial charge on any atom is 0.240 e. The minimum absolute atomic E-state index is 0.121. The molecule has 2 heterocycles. The second-order valence-corrected chi connectivity index (χ2v) is 6.85. The van der Waals surface area contributed by atoms with Crippen molar-refractivity contribution in [2.24, 2.45) is 0 Å². The van der Waals surface area contributed by atoms with E-state index >= 15 is 0 Å². The molecular formula is C22H21N3O3. The van der Waals surface area contributed by atoms with Crippen molar-refractivity contribution in [2.75, 3.05) is 13.2 Å². The van der Waals surface area contributed by atoms with Gasteiger partial charge in [0.25, 0.3) is 0 Å². The van der Waals surface area contributed by atoms with Crippen LogP contribution in [0.4, 0.5) is 0 Å². The maximum atomic E-state index is 12.6. The number of amides is 1. The van der Waals surface area contributed by atoms with Gasteiger partial charge in [-0.1, -0.05) is 24.3 Å². The van der Waals surface area contributed by atoms with E-state index in [1.165, 1.54) is 0 Å². The largest absolute Gasteiger partial charge is 0.490 e. The number of hydrogen-bond donors (Lipinski definition) is 1. The highest BCUT2D eigenvalue weighted by Crippen LogP contribution is 2.32. The standard InChI is InChI=1S/C22H21N3O3/c1-15(16-7-8-20-21(11-16)28-10-4-9-27-20)24-22(26)14-25-13-17(12-23)18-5-2-3-6-19(18)25/h2-3,5-8,11,13,15H,4,9-10,14H2,1H3,(H,24,26)/t15-/m0/s1. The zero-order chi connectivity index (χ0) is 19.5. The summed E-state index contributed by atoms with van der Waals surface area (Å²) in [4.78, 5) is 12.6. The van der Waals surface area contributed by atoms with Gasteiger partial charge in [-0.2, -0.15) is 5.26 Å². The van der Waals surface area contributed by atoms with E-state index in [1.807, 2.05) is 54.0 Å². The number of hydrogen-bond acceptors (Lipinski definition) is 4. The van der Waals surface area contributed by atoms with E-state index < -0.39 is 0 Å². The highest BCUT2D eigenvalue weighted by Gasteiger charge is 2.16. The van der Waals surface area contributed by atoms with Gasteiger partial charge in [0.1, 0.15) is 12.6 Å². The van der Waals surface area contributed by atoms with Gasteiger partial charge in [-0.05, 0) is 30.7 Å². The molecule has 0 saturated carbocycles. The van der Waals surface area contributed by atoms with Crippen LogP contribution in [0.2, 0.25) is 0 Å². The number of ether oxygens (including phenoxy) is 2. The molecule has 1 amide bonds. The summed E-state index contributed by atoms with van der Waals surface area (Å²) >= 11 is 0. The van der Waals surface area contributed by atoms with E-state index in [-0.39, 0.29) is 18.5 Å². The number of nitriles is 1. The monoisotopic (exact) mass is 375 g/mol. The first-order valence-corrected chi connectivity index (χ1v) is 9.32. The molecule has 6 heteroatoms. The molecule has 1 N–H and O–H groups in total. The van der Waals surface area contributed by atoms with E-state index in [0.717, 1.165) is 28.6 Å². The van der Waals surface area contributed by atoms with Gasteiger partial charge in [0.05, 0.1) is 24.8 Å². The molecule has 28 heavy (non-hydrogen) atoms. The summed E-state index contributed by atoms with van der Waals surface area (Å²) in [6.07, 6.45) is 2.58. The Bertz CT molecular complexity index is 1060. The highest BCUT2D eigenvalue weighted by molar-refractivity contribution is 5.88. The lowest BCUT2D eigenvalue weighted by Gasteiger charge is -2.17. The predicted octanol–water partition coefficient (Wildman–Crippen LogP) is 3.55. The molecule has 0 saturated heterocycles. The van der Waals surface area contributed by atoms with Crippen LogP contribution in [0.25, 0.3) is 10.9 Å². The summed E-state index contributed by atoms with van der Waals surface area (Å²) < 4.78 is 13.2. The number of para-hydroxylation sites is 1. The Hall–Kier alpha value is -3.46. The Balaban J connectivity index is 1.48. The number of fused-ring (bicyclic) bond motifs is 2. The third kappa shape index (κ3) is 3.52. The van der Waals surface area contributed by atoms with E-state index in [0.29, 0.717) is 24.5 Å². The van der Waals surface area contributed by atoms with Crippen molar-refractivity contribution in [2.45, 2.75) is 25.9 Å². The molecule has 1 aliphatic rings. The van der Waals surface area contributed by atoms with E-state index in [2.05, 4.69) is 11.4 Å². The number of nitrogens with zero attached hydrogens (tertiary/aromatic N) is 2. The van der Waals surface area contributed by atoms with Crippen LogP contribution in [-0.2, 0) is 11.3 Å². The van der Waals surface area contributed by atoms with Crippen molar-refractivity contribution >= 4 is 16.8 Å². The van der Waals surface area contributed by atoms with Crippen LogP contribution in [0.3, 0.4) is 0 Å². The number of carbonyl (C=O) groups is 1. The summed E-state index contributed by atoms with van der Waals surface area (Å²) in [5.74, 6) is 1.33. The van der Waals surface area contributed by atoms with Crippen LogP contribution in [-0.4, -0.2) is 23.7 Å². The molecule has 0 spiro atoms. The Labute approximate surface area is 163 Å². The average molecular weight is 375 g/mol. The first kappa shape index (κ1) is 17.9. The van der Waals surface area contributed by atoms with Gasteiger partial charge < -0.3 is 19.4 Å². The van der Waals surface area contributed by atoms with Gasteiger partial charge in [0, 0.05) is 23.5 Å². The molecular weight excluding hydrogens is 354 g/mol.